The largest absolute Gasteiger partial charge is 0.362 e. The zero-order chi connectivity index (χ0) is 16.2. The summed E-state index contributed by atoms with van der Waals surface area (Å²) in [4.78, 5) is 11.6. The summed E-state index contributed by atoms with van der Waals surface area (Å²) in [5.41, 5.74) is 0. The number of hydrogen-bond donors (Lipinski definition) is 1. The standard InChI is InChI=1S/C19H28N4/c1-14-9-11-15(12-10-14)13-20-19-21-17-8-6-4-5-7-16(17)18(22-19)23(2)3/h4,6-8,14-15H,5,9-13H2,1-3H3,(H,20,21). The Kier molecular flexibility index (Phi) is 4.99. The summed E-state index contributed by atoms with van der Waals surface area (Å²) in [5, 5.41) is 5.64. The van der Waals surface area contributed by atoms with Gasteiger partial charge in [0.15, 0.2) is 0 Å². The minimum Gasteiger partial charge on any atom is -0.362 e. The van der Waals surface area contributed by atoms with Gasteiger partial charge in [-0.1, -0.05) is 38.0 Å². The maximum Gasteiger partial charge on any atom is 0.225 e. The molecule has 2 aliphatic rings. The molecule has 0 radical (unpaired) electrons. The Hall–Kier alpha value is -1.84. The number of rotatable bonds is 4. The van der Waals surface area contributed by atoms with E-state index in [2.05, 4.69) is 41.4 Å². The van der Waals surface area contributed by atoms with Gasteiger partial charge in [-0.05, 0) is 37.2 Å². The molecule has 1 aromatic rings. The first-order valence-corrected chi connectivity index (χ1v) is 8.80. The normalized spacial score (nSPS) is 23.3. The highest BCUT2D eigenvalue weighted by Gasteiger charge is 2.18. The summed E-state index contributed by atoms with van der Waals surface area (Å²) in [6.07, 6.45) is 14.8. The van der Waals surface area contributed by atoms with E-state index < -0.39 is 0 Å². The first-order valence-electron chi connectivity index (χ1n) is 8.80. The van der Waals surface area contributed by atoms with Gasteiger partial charge >= 0.3 is 0 Å². The SMILES string of the molecule is CC1CCC(CNc2nc(N(C)C)c3c(n2)=CC=CCC=3)CC1. The second kappa shape index (κ2) is 7.16. The fraction of sp³-hybridized carbons (Fsp3) is 0.579. The lowest BCUT2D eigenvalue weighted by molar-refractivity contribution is 0.300. The summed E-state index contributed by atoms with van der Waals surface area (Å²) in [6.45, 7) is 3.35. The summed E-state index contributed by atoms with van der Waals surface area (Å²) in [7, 11) is 4.09. The number of hydrogen-bond acceptors (Lipinski definition) is 4. The Morgan fingerprint density at radius 2 is 1.96 bits per heavy atom. The molecular formula is C19H28N4. The van der Waals surface area contributed by atoms with Crippen LogP contribution in [0.5, 0.6) is 0 Å². The van der Waals surface area contributed by atoms with E-state index in [1.54, 1.807) is 0 Å². The average Bonchev–Trinajstić information content (AvgIpc) is 2.78. The molecule has 4 heteroatoms. The van der Waals surface area contributed by atoms with Crippen LogP contribution in [0.3, 0.4) is 0 Å². The third kappa shape index (κ3) is 3.92. The van der Waals surface area contributed by atoms with Crippen molar-refractivity contribution in [3.63, 3.8) is 0 Å². The zero-order valence-electron chi connectivity index (χ0n) is 14.5. The molecular weight excluding hydrogens is 284 g/mol. The van der Waals surface area contributed by atoms with E-state index in [0.717, 1.165) is 47.1 Å². The molecule has 0 unspecified atom stereocenters. The molecule has 1 aromatic heterocycles. The van der Waals surface area contributed by atoms with Crippen molar-refractivity contribution in [3.8, 4) is 0 Å². The van der Waals surface area contributed by atoms with Gasteiger partial charge in [0.25, 0.3) is 0 Å². The van der Waals surface area contributed by atoms with Gasteiger partial charge in [-0.2, -0.15) is 4.98 Å². The topological polar surface area (TPSA) is 41.1 Å². The lowest BCUT2D eigenvalue weighted by Gasteiger charge is -2.26. The monoisotopic (exact) mass is 312 g/mol. The Bertz CT molecular complexity index is 682. The molecule has 2 aliphatic carbocycles. The summed E-state index contributed by atoms with van der Waals surface area (Å²) in [5.74, 6) is 3.40. The molecule has 0 bridgehead atoms. The van der Waals surface area contributed by atoms with E-state index in [4.69, 9.17) is 9.97 Å². The van der Waals surface area contributed by atoms with Crippen LogP contribution in [0, 0.1) is 11.8 Å². The number of nitrogens with zero attached hydrogens (tertiary/aromatic N) is 3. The Balaban J connectivity index is 1.80. The maximum atomic E-state index is 4.75. The van der Waals surface area contributed by atoms with Gasteiger partial charge in [0.1, 0.15) is 5.82 Å². The smallest absolute Gasteiger partial charge is 0.225 e. The van der Waals surface area contributed by atoms with Gasteiger partial charge in [0.2, 0.25) is 5.95 Å². The van der Waals surface area contributed by atoms with Crippen molar-refractivity contribution in [1.29, 1.82) is 0 Å². The van der Waals surface area contributed by atoms with Crippen LogP contribution in [0.25, 0.3) is 12.2 Å². The summed E-state index contributed by atoms with van der Waals surface area (Å²) in [6, 6.07) is 0. The van der Waals surface area contributed by atoms with Crippen molar-refractivity contribution in [2.24, 2.45) is 11.8 Å². The van der Waals surface area contributed by atoms with E-state index in [0.29, 0.717) is 0 Å². The van der Waals surface area contributed by atoms with Gasteiger partial charge < -0.3 is 10.2 Å². The zero-order valence-corrected chi connectivity index (χ0v) is 14.5. The van der Waals surface area contributed by atoms with Crippen LogP contribution in [0.2, 0.25) is 0 Å². The molecule has 23 heavy (non-hydrogen) atoms. The number of nitrogens with one attached hydrogen (secondary N) is 1. The second-order valence-electron chi connectivity index (χ2n) is 7.11. The fourth-order valence-corrected chi connectivity index (χ4v) is 3.41. The van der Waals surface area contributed by atoms with Crippen LogP contribution in [-0.4, -0.2) is 30.6 Å². The summed E-state index contributed by atoms with van der Waals surface area (Å²) < 4.78 is 0. The summed E-state index contributed by atoms with van der Waals surface area (Å²) >= 11 is 0. The third-order valence-electron chi connectivity index (χ3n) is 4.91. The molecule has 0 atom stereocenters. The van der Waals surface area contributed by atoms with Crippen molar-refractivity contribution in [2.45, 2.75) is 39.0 Å². The number of allylic oxidation sites excluding steroid dienone is 2. The van der Waals surface area contributed by atoms with Crippen LogP contribution in [0.15, 0.2) is 12.2 Å². The van der Waals surface area contributed by atoms with Gasteiger partial charge in [-0.25, -0.2) is 4.98 Å². The van der Waals surface area contributed by atoms with E-state index in [1.807, 2.05) is 14.1 Å². The van der Waals surface area contributed by atoms with Gasteiger partial charge in [-0.15, -0.1) is 0 Å². The minimum atomic E-state index is 0.756. The van der Waals surface area contributed by atoms with Crippen LogP contribution in [-0.2, 0) is 0 Å². The molecule has 3 rings (SSSR count). The first kappa shape index (κ1) is 16.0. The van der Waals surface area contributed by atoms with E-state index in [-0.39, 0.29) is 0 Å². The molecule has 0 spiro atoms. The van der Waals surface area contributed by atoms with Crippen molar-refractivity contribution in [1.82, 2.24) is 9.97 Å². The number of aromatic nitrogens is 2. The molecule has 1 saturated carbocycles. The highest BCUT2D eigenvalue weighted by Crippen LogP contribution is 2.28. The molecule has 0 aliphatic heterocycles. The molecule has 0 aromatic carbocycles. The lowest BCUT2D eigenvalue weighted by Crippen LogP contribution is -2.36. The van der Waals surface area contributed by atoms with Crippen molar-refractivity contribution < 1.29 is 0 Å². The first-order chi connectivity index (χ1) is 11.1. The predicted octanol–water partition coefficient (Wildman–Crippen LogP) is 2.30. The highest BCUT2D eigenvalue weighted by molar-refractivity contribution is 5.53. The lowest BCUT2D eigenvalue weighted by atomic mass is 9.83. The Morgan fingerprint density at radius 1 is 1.17 bits per heavy atom. The molecule has 1 fully saturated rings. The Labute approximate surface area is 139 Å². The predicted molar refractivity (Wildman–Crippen MR) is 97.9 cm³/mol. The number of anilines is 2. The third-order valence-corrected chi connectivity index (χ3v) is 4.91. The van der Waals surface area contributed by atoms with Gasteiger partial charge in [0.05, 0.1) is 5.35 Å². The van der Waals surface area contributed by atoms with Crippen molar-refractivity contribution in [2.75, 3.05) is 30.9 Å². The van der Waals surface area contributed by atoms with Crippen molar-refractivity contribution >= 4 is 23.9 Å². The van der Waals surface area contributed by atoms with E-state index >= 15 is 0 Å². The van der Waals surface area contributed by atoms with Crippen LogP contribution in [0.1, 0.15) is 39.0 Å². The Morgan fingerprint density at radius 3 is 2.70 bits per heavy atom. The van der Waals surface area contributed by atoms with Gasteiger partial charge in [-0.3, -0.25) is 0 Å². The van der Waals surface area contributed by atoms with Crippen LogP contribution < -0.4 is 20.8 Å². The highest BCUT2D eigenvalue weighted by atomic mass is 15.2. The molecule has 0 saturated heterocycles. The number of fused-ring (bicyclic) bond motifs is 1. The molecule has 1 heterocycles. The average molecular weight is 312 g/mol. The van der Waals surface area contributed by atoms with Crippen molar-refractivity contribution in [3.05, 3.63) is 22.7 Å². The van der Waals surface area contributed by atoms with Gasteiger partial charge in [0, 0.05) is 25.9 Å². The minimum absolute atomic E-state index is 0.756. The fourth-order valence-electron chi connectivity index (χ4n) is 3.41. The van der Waals surface area contributed by atoms with Crippen LogP contribution in [0.4, 0.5) is 11.8 Å². The quantitative estimate of drug-likeness (QED) is 0.926. The molecule has 124 valence electrons. The molecule has 1 N–H and O–H groups in total. The second-order valence-corrected chi connectivity index (χ2v) is 7.11. The van der Waals surface area contributed by atoms with Crippen LogP contribution >= 0.6 is 0 Å². The molecule has 0 amide bonds. The van der Waals surface area contributed by atoms with E-state index in [1.165, 1.54) is 25.7 Å². The molecule has 4 nitrogen and oxygen atoms in total. The van der Waals surface area contributed by atoms with E-state index in [9.17, 15) is 0 Å². The maximum absolute atomic E-state index is 4.75.